The largest absolute Gasteiger partial charge is 0.506 e. The molecule has 1 aromatic heterocycles. The summed E-state index contributed by atoms with van der Waals surface area (Å²) in [5, 5.41) is 11.6. The van der Waals surface area contributed by atoms with Crippen LogP contribution >= 0.6 is 11.6 Å². The van der Waals surface area contributed by atoms with Crippen LogP contribution < -0.4 is 0 Å². The number of aromatic hydroxyl groups is 1. The Bertz CT molecular complexity index is 576. The highest BCUT2D eigenvalue weighted by Crippen LogP contribution is 2.38. The van der Waals surface area contributed by atoms with Gasteiger partial charge >= 0.3 is 0 Å². The van der Waals surface area contributed by atoms with Crippen molar-refractivity contribution in [1.29, 1.82) is 0 Å². The molecule has 1 heterocycles. The van der Waals surface area contributed by atoms with Crippen molar-refractivity contribution in [2.75, 3.05) is 0 Å². The standard InChI is InChI=1S/C15H16ClNO/c16-12-7-4-8-13-11(12)9-14(18)15(17-13)10-5-2-1-3-6-10/h4,7-10,18H,1-3,5-6H2. The number of halogens is 1. The normalized spacial score (nSPS) is 17.2. The summed E-state index contributed by atoms with van der Waals surface area (Å²) in [7, 11) is 0. The molecule has 1 saturated carbocycles. The zero-order valence-electron chi connectivity index (χ0n) is 10.2. The van der Waals surface area contributed by atoms with Crippen molar-refractivity contribution in [3.8, 4) is 5.75 Å². The number of aromatic nitrogens is 1. The third kappa shape index (κ3) is 2.05. The van der Waals surface area contributed by atoms with Crippen molar-refractivity contribution in [3.63, 3.8) is 0 Å². The van der Waals surface area contributed by atoms with Crippen molar-refractivity contribution in [3.05, 3.63) is 35.0 Å². The van der Waals surface area contributed by atoms with Gasteiger partial charge in [-0.05, 0) is 31.0 Å². The molecule has 94 valence electrons. The van der Waals surface area contributed by atoms with Gasteiger partial charge in [0.2, 0.25) is 0 Å². The quantitative estimate of drug-likeness (QED) is 0.811. The van der Waals surface area contributed by atoms with Crippen LogP contribution in [0.3, 0.4) is 0 Å². The lowest BCUT2D eigenvalue weighted by Gasteiger charge is -2.22. The van der Waals surface area contributed by atoms with Crippen LogP contribution in [0, 0.1) is 0 Å². The van der Waals surface area contributed by atoms with E-state index < -0.39 is 0 Å². The van der Waals surface area contributed by atoms with E-state index in [9.17, 15) is 5.11 Å². The maximum Gasteiger partial charge on any atom is 0.138 e. The molecule has 3 rings (SSSR count). The molecule has 18 heavy (non-hydrogen) atoms. The minimum atomic E-state index is 0.294. The van der Waals surface area contributed by atoms with E-state index in [2.05, 4.69) is 4.98 Å². The Morgan fingerprint density at radius 2 is 1.94 bits per heavy atom. The van der Waals surface area contributed by atoms with Crippen LogP contribution in [0.15, 0.2) is 24.3 Å². The van der Waals surface area contributed by atoms with Crippen molar-refractivity contribution >= 4 is 22.5 Å². The lowest BCUT2D eigenvalue weighted by Crippen LogP contribution is -2.07. The molecule has 0 bridgehead atoms. The summed E-state index contributed by atoms with van der Waals surface area (Å²) < 4.78 is 0. The SMILES string of the molecule is Oc1cc2c(Cl)cccc2nc1C1CCCCC1. The van der Waals surface area contributed by atoms with Crippen LogP contribution in [-0.2, 0) is 0 Å². The number of rotatable bonds is 1. The number of benzene rings is 1. The predicted octanol–water partition coefficient (Wildman–Crippen LogP) is 4.64. The van der Waals surface area contributed by atoms with Crippen LogP contribution in [0.4, 0.5) is 0 Å². The lowest BCUT2D eigenvalue weighted by atomic mass is 9.86. The minimum Gasteiger partial charge on any atom is -0.506 e. The number of nitrogens with zero attached hydrogens (tertiary/aromatic N) is 1. The van der Waals surface area contributed by atoms with Crippen molar-refractivity contribution in [2.24, 2.45) is 0 Å². The van der Waals surface area contributed by atoms with Crippen LogP contribution in [0.2, 0.25) is 5.02 Å². The molecule has 0 spiro atoms. The molecular formula is C15H16ClNO. The van der Waals surface area contributed by atoms with Crippen molar-refractivity contribution in [1.82, 2.24) is 4.98 Å². The van der Waals surface area contributed by atoms with Gasteiger partial charge in [0.25, 0.3) is 0 Å². The average molecular weight is 262 g/mol. The van der Waals surface area contributed by atoms with Gasteiger partial charge in [-0.25, -0.2) is 4.98 Å². The zero-order valence-corrected chi connectivity index (χ0v) is 11.0. The number of hydrogen-bond acceptors (Lipinski definition) is 2. The first-order valence-corrected chi connectivity index (χ1v) is 6.91. The molecule has 0 saturated heterocycles. The Hall–Kier alpha value is -1.28. The molecule has 3 heteroatoms. The van der Waals surface area contributed by atoms with Gasteiger partial charge in [0.05, 0.1) is 16.2 Å². The highest BCUT2D eigenvalue weighted by atomic mass is 35.5. The molecule has 2 aromatic rings. The maximum absolute atomic E-state index is 10.2. The van der Waals surface area contributed by atoms with E-state index in [4.69, 9.17) is 11.6 Å². The molecule has 0 atom stereocenters. The van der Waals surface area contributed by atoms with Gasteiger partial charge in [0.1, 0.15) is 5.75 Å². The Balaban J connectivity index is 2.09. The zero-order chi connectivity index (χ0) is 12.5. The molecular weight excluding hydrogens is 246 g/mol. The fourth-order valence-electron chi connectivity index (χ4n) is 2.84. The monoisotopic (exact) mass is 261 g/mol. The second kappa shape index (κ2) is 4.77. The first-order chi connectivity index (χ1) is 8.75. The topological polar surface area (TPSA) is 33.1 Å². The first kappa shape index (κ1) is 11.8. The summed E-state index contributed by atoms with van der Waals surface area (Å²) in [6.07, 6.45) is 6.04. The molecule has 2 nitrogen and oxygen atoms in total. The van der Waals surface area contributed by atoms with E-state index >= 15 is 0 Å². The molecule has 0 aliphatic heterocycles. The van der Waals surface area contributed by atoms with E-state index in [-0.39, 0.29) is 0 Å². The third-order valence-corrected chi connectivity index (χ3v) is 4.14. The van der Waals surface area contributed by atoms with Crippen LogP contribution in [-0.4, -0.2) is 10.1 Å². The molecule has 1 fully saturated rings. The summed E-state index contributed by atoms with van der Waals surface area (Å²) in [5.74, 6) is 0.699. The Morgan fingerprint density at radius 3 is 2.72 bits per heavy atom. The van der Waals surface area contributed by atoms with Gasteiger partial charge < -0.3 is 5.11 Å². The Labute approximate surface area is 112 Å². The average Bonchev–Trinajstić information content (AvgIpc) is 2.40. The van der Waals surface area contributed by atoms with Gasteiger partial charge in [-0.15, -0.1) is 0 Å². The molecule has 0 radical (unpaired) electrons. The molecule has 1 aromatic carbocycles. The fourth-order valence-corrected chi connectivity index (χ4v) is 3.06. The van der Waals surface area contributed by atoms with E-state index in [1.165, 1.54) is 19.3 Å². The van der Waals surface area contributed by atoms with Crippen LogP contribution in [0.5, 0.6) is 5.75 Å². The van der Waals surface area contributed by atoms with Gasteiger partial charge in [0.15, 0.2) is 0 Å². The van der Waals surface area contributed by atoms with Gasteiger partial charge in [0, 0.05) is 11.3 Å². The smallest absolute Gasteiger partial charge is 0.138 e. The van der Waals surface area contributed by atoms with Gasteiger partial charge in [-0.3, -0.25) is 0 Å². The molecule has 1 aliphatic rings. The fraction of sp³-hybridized carbons (Fsp3) is 0.400. The summed E-state index contributed by atoms with van der Waals surface area (Å²) >= 11 is 6.12. The second-order valence-corrected chi connectivity index (χ2v) is 5.44. The molecule has 0 amide bonds. The van der Waals surface area contributed by atoms with Crippen LogP contribution in [0.1, 0.15) is 43.7 Å². The maximum atomic E-state index is 10.2. The molecule has 1 aliphatic carbocycles. The summed E-state index contributed by atoms with van der Waals surface area (Å²) in [6, 6.07) is 7.44. The predicted molar refractivity (Wildman–Crippen MR) is 74.2 cm³/mol. The number of fused-ring (bicyclic) bond motifs is 1. The summed E-state index contributed by atoms with van der Waals surface area (Å²) in [4.78, 5) is 4.62. The van der Waals surface area contributed by atoms with E-state index in [0.29, 0.717) is 16.7 Å². The second-order valence-electron chi connectivity index (χ2n) is 5.03. The lowest BCUT2D eigenvalue weighted by molar-refractivity contribution is 0.407. The first-order valence-electron chi connectivity index (χ1n) is 6.54. The molecule has 1 N–H and O–H groups in total. The number of pyridine rings is 1. The highest BCUT2D eigenvalue weighted by Gasteiger charge is 2.20. The summed E-state index contributed by atoms with van der Waals surface area (Å²) in [5.41, 5.74) is 1.73. The third-order valence-electron chi connectivity index (χ3n) is 3.81. The van der Waals surface area contributed by atoms with E-state index in [0.717, 1.165) is 29.4 Å². The highest BCUT2D eigenvalue weighted by molar-refractivity contribution is 6.35. The van der Waals surface area contributed by atoms with Gasteiger partial charge in [-0.2, -0.15) is 0 Å². The van der Waals surface area contributed by atoms with Crippen molar-refractivity contribution < 1.29 is 5.11 Å². The Kier molecular flexibility index (Phi) is 3.13. The minimum absolute atomic E-state index is 0.294. The van der Waals surface area contributed by atoms with Crippen molar-refractivity contribution in [2.45, 2.75) is 38.0 Å². The molecule has 0 unspecified atom stereocenters. The van der Waals surface area contributed by atoms with Crippen LogP contribution in [0.25, 0.3) is 10.9 Å². The number of hydrogen-bond donors (Lipinski definition) is 1. The Morgan fingerprint density at radius 1 is 1.17 bits per heavy atom. The van der Waals surface area contributed by atoms with E-state index in [1.54, 1.807) is 6.07 Å². The van der Waals surface area contributed by atoms with Gasteiger partial charge in [-0.1, -0.05) is 36.9 Å². The summed E-state index contributed by atoms with van der Waals surface area (Å²) in [6.45, 7) is 0. The van der Waals surface area contributed by atoms with E-state index in [1.807, 2.05) is 18.2 Å².